The van der Waals surface area contributed by atoms with Gasteiger partial charge in [-0.15, -0.1) is 10.7 Å². The normalized spacial score (nSPS) is 16.1. The van der Waals surface area contributed by atoms with Gasteiger partial charge in [-0.1, -0.05) is 5.37 Å². The number of halogens is 1. The maximum atomic E-state index is 13.6. The molecule has 1 atom stereocenters. The molecule has 164 valence electrons. The van der Waals surface area contributed by atoms with Crippen LogP contribution in [-0.2, 0) is 4.74 Å². The second-order valence-electron chi connectivity index (χ2n) is 7.41. The monoisotopic (exact) mass is 443 g/mol. The second kappa shape index (κ2) is 8.72. The first-order valence-corrected chi connectivity index (χ1v) is 11.7. The Morgan fingerprint density at radius 1 is 1.10 bits per heavy atom. The van der Waals surface area contributed by atoms with Gasteiger partial charge in [-0.3, -0.25) is 4.31 Å². The highest BCUT2D eigenvalue weighted by Crippen LogP contribution is 2.31. The first-order chi connectivity index (χ1) is 14.9. The minimum absolute atomic E-state index is 0.192. The summed E-state index contributed by atoms with van der Waals surface area (Å²) in [6.07, 6.45) is 2.24. The minimum Gasteiger partial charge on any atom is -0.505 e. The highest BCUT2D eigenvalue weighted by Gasteiger charge is 2.21. The van der Waals surface area contributed by atoms with E-state index < -0.39 is 17.5 Å². The van der Waals surface area contributed by atoms with Crippen molar-refractivity contribution in [1.82, 2.24) is 8.87 Å². The lowest BCUT2D eigenvalue weighted by Gasteiger charge is -2.36. The van der Waals surface area contributed by atoms with Crippen LogP contribution >= 0.6 is 10.7 Å². The van der Waals surface area contributed by atoms with Gasteiger partial charge in [-0.25, -0.2) is 9.18 Å². The highest BCUT2D eigenvalue weighted by atomic mass is 32.2. The number of anilines is 1. The van der Waals surface area contributed by atoms with Gasteiger partial charge < -0.3 is 19.3 Å². The third-order valence-electron chi connectivity index (χ3n) is 5.72. The van der Waals surface area contributed by atoms with E-state index in [1.165, 1.54) is 25.3 Å². The number of esters is 1. The SMILES string of the molecule is C/C=S(\C)N1CCN(c2ccc3c(c2)cc(C(=O)OC)n3-c2ccc(F)c(O)c2)CC1. The minimum atomic E-state index is -0.711. The lowest BCUT2D eigenvalue weighted by molar-refractivity contribution is 0.0592. The smallest absolute Gasteiger partial charge is 0.355 e. The molecule has 1 N–H and O–H groups in total. The Bertz CT molecular complexity index is 1170. The van der Waals surface area contributed by atoms with Crippen molar-refractivity contribution in [3.05, 3.63) is 54.0 Å². The molecular weight excluding hydrogens is 417 g/mol. The summed E-state index contributed by atoms with van der Waals surface area (Å²) in [5.41, 5.74) is 2.68. The fourth-order valence-electron chi connectivity index (χ4n) is 3.96. The standard InChI is InChI=1S/C23H26FN3O3S/c1-4-31(3)26-11-9-25(10-12-26)17-6-8-20-16(13-17)14-21(23(29)30-2)27(20)18-5-7-19(24)22(28)15-18/h4-8,13-15,28H,9-12H2,1-3H3. The summed E-state index contributed by atoms with van der Waals surface area (Å²) in [4.78, 5) is 14.8. The van der Waals surface area contributed by atoms with Crippen LogP contribution in [-0.4, -0.2) is 64.9 Å². The molecule has 6 nitrogen and oxygen atoms in total. The average molecular weight is 444 g/mol. The van der Waals surface area contributed by atoms with Crippen LogP contribution in [0.4, 0.5) is 10.1 Å². The van der Waals surface area contributed by atoms with Crippen LogP contribution in [0.3, 0.4) is 0 Å². The van der Waals surface area contributed by atoms with Gasteiger partial charge in [-0.05, 0) is 49.6 Å². The summed E-state index contributed by atoms with van der Waals surface area (Å²) in [5.74, 6) is -1.68. The number of hydrogen-bond acceptors (Lipinski definition) is 5. The zero-order valence-corrected chi connectivity index (χ0v) is 18.7. The van der Waals surface area contributed by atoms with Crippen molar-refractivity contribution in [2.75, 3.05) is 44.4 Å². The third-order valence-corrected chi connectivity index (χ3v) is 7.58. The molecule has 8 heteroatoms. The van der Waals surface area contributed by atoms with E-state index in [-0.39, 0.29) is 10.7 Å². The Morgan fingerprint density at radius 3 is 2.45 bits per heavy atom. The van der Waals surface area contributed by atoms with Crippen molar-refractivity contribution in [3.8, 4) is 11.4 Å². The van der Waals surface area contributed by atoms with Crippen molar-refractivity contribution in [2.45, 2.75) is 6.92 Å². The number of carbonyl (C=O) groups is 1. The summed E-state index contributed by atoms with van der Waals surface area (Å²) in [7, 11) is 1.52. The molecule has 1 aromatic heterocycles. The van der Waals surface area contributed by atoms with Gasteiger partial charge in [0, 0.05) is 43.3 Å². The molecular formula is C23H26FN3O3S. The Balaban J connectivity index is 1.72. The van der Waals surface area contributed by atoms with Crippen LogP contribution in [0.15, 0.2) is 42.5 Å². The van der Waals surface area contributed by atoms with E-state index in [2.05, 4.69) is 33.8 Å². The Morgan fingerprint density at radius 2 is 1.81 bits per heavy atom. The van der Waals surface area contributed by atoms with E-state index in [0.29, 0.717) is 11.4 Å². The molecule has 1 unspecified atom stereocenters. The lowest BCUT2D eigenvalue weighted by Crippen LogP contribution is -2.44. The number of rotatable bonds is 4. The first kappa shape index (κ1) is 21.4. The summed E-state index contributed by atoms with van der Waals surface area (Å²) < 4.78 is 22.7. The molecule has 2 aromatic carbocycles. The van der Waals surface area contributed by atoms with Crippen LogP contribution in [0, 0.1) is 5.82 Å². The molecule has 3 aromatic rings. The van der Waals surface area contributed by atoms with Crippen LogP contribution in [0.25, 0.3) is 16.6 Å². The van der Waals surface area contributed by atoms with Gasteiger partial charge in [-0.2, -0.15) is 0 Å². The van der Waals surface area contributed by atoms with Crippen LogP contribution in [0.1, 0.15) is 17.4 Å². The van der Waals surface area contributed by atoms with Crippen molar-refractivity contribution in [1.29, 1.82) is 0 Å². The predicted molar refractivity (Wildman–Crippen MR) is 125 cm³/mol. The van der Waals surface area contributed by atoms with Gasteiger partial charge in [0.15, 0.2) is 11.6 Å². The predicted octanol–water partition coefficient (Wildman–Crippen LogP) is 4.02. The van der Waals surface area contributed by atoms with E-state index in [0.717, 1.165) is 42.8 Å². The van der Waals surface area contributed by atoms with Crippen molar-refractivity contribution >= 4 is 38.6 Å². The van der Waals surface area contributed by atoms with Gasteiger partial charge >= 0.3 is 5.97 Å². The number of ether oxygens (including phenoxy) is 1. The van der Waals surface area contributed by atoms with E-state index in [1.807, 2.05) is 12.1 Å². The molecule has 1 aliphatic heterocycles. The molecule has 1 fully saturated rings. The Labute approximate surface area is 183 Å². The maximum Gasteiger partial charge on any atom is 0.355 e. The number of aromatic nitrogens is 1. The molecule has 0 saturated carbocycles. The number of fused-ring (bicyclic) bond motifs is 1. The summed E-state index contributed by atoms with van der Waals surface area (Å²) in [6, 6.07) is 11.8. The molecule has 0 amide bonds. The fraction of sp³-hybridized carbons (Fsp3) is 0.304. The zero-order chi connectivity index (χ0) is 22.1. The van der Waals surface area contributed by atoms with Gasteiger partial charge in [0.25, 0.3) is 0 Å². The molecule has 0 spiro atoms. The number of carbonyl (C=O) groups excluding carboxylic acids is 1. The van der Waals surface area contributed by atoms with Crippen LogP contribution < -0.4 is 4.90 Å². The van der Waals surface area contributed by atoms with E-state index in [1.54, 1.807) is 10.6 Å². The third kappa shape index (κ3) is 4.05. The second-order valence-corrected chi connectivity index (χ2v) is 9.45. The van der Waals surface area contributed by atoms with Crippen molar-refractivity contribution in [2.24, 2.45) is 0 Å². The topological polar surface area (TPSA) is 57.9 Å². The number of benzene rings is 2. The Hall–Kier alpha value is -2.84. The maximum absolute atomic E-state index is 13.6. The quantitative estimate of drug-likeness (QED) is 0.488. The van der Waals surface area contributed by atoms with E-state index >= 15 is 0 Å². The molecule has 1 saturated heterocycles. The van der Waals surface area contributed by atoms with Crippen LogP contribution in [0.2, 0.25) is 0 Å². The summed E-state index contributed by atoms with van der Waals surface area (Å²) >= 11 is 0. The van der Waals surface area contributed by atoms with Crippen molar-refractivity contribution < 1.29 is 19.0 Å². The zero-order valence-electron chi connectivity index (χ0n) is 17.8. The first-order valence-electron chi connectivity index (χ1n) is 10.1. The highest BCUT2D eigenvalue weighted by molar-refractivity contribution is 8.12. The van der Waals surface area contributed by atoms with Gasteiger partial charge in [0.1, 0.15) is 5.69 Å². The number of aromatic hydroxyl groups is 1. The summed E-state index contributed by atoms with van der Waals surface area (Å²) in [5, 5.41) is 13.0. The molecule has 0 radical (unpaired) electrons. The summed E-state index contributed by atoms with van der Waals surface area (Å²) in [6.45, 7) is 5.99. The number of piperazine rings is 1. The van der Waals surface area contributed by atoms with Crippen LogP contribution in [0.5, 0.6) is 5.75 Å². The number of nitrogens with zero attached hydrogens (tertiary/aromatic N) is 3. The molecule has 0 aliphatic carbocycles. The Kier molecular flexibility index (Phi) is 6.02. The lowest BCUT2D eigenvalue weighted by atomic mass is 10.2. The fourth-order valence-corrected chi connectivity index (χ4v) is 4.99. The molecule has 1 aliphatic rings. The molecule has 4 rings (SSSR count). The molecule has 2 heterocycles. The van der Waals surface area contributed by atoms with Gasteiger partial charge in [0.2, 0.25) is 0 Å². The molecule has 0 bridgehead atoms. The number of hydrogen-bond donors (Lipinski definition) is 1. The largest absolute Gasteiger partial charge is 0.505 e. The number of methoxy groups -OCH3 is 1. The van der Waals surface area contributed by atoms with E-state index in [4.69, 9.17) is 4.74 Å². The average Bonchev–Trinajstić information content (AvgIpc) is 3.18. The van der Waals surface area contributed by atoms with Crippen molar-refractivity contribution in [3.63, 3.8) is 0 Å². The number of phenolic OH excluding ortho intramolecular Hbond substituents is 1. The number of phenols is 1. The molecule has 31 heavy (non-hydrogen) atoms. The van der Waals surface area contributed by atoms with E-state index in [9.17, 15) is 14.3 Å². The van der Waals surface area contributed by atoms with Gasteiger partial charge in [0.05, 0.1) is 18.3 Å².